The van der Waals surface area contributed by atoms with Gasteiger partial charge in [-0.25, -0.2) is 9.97 Å². The van der Waals surface area contributed by atoms with Crippen molar-refractivity contribution in [3.63, 3.8) is 0 Å². The molecule has 94 valence electrons. The molecule has 0 unspecified atom stereocenters. The average Bonchev–Trinajstić information content (AvgIpc) is 2.40. The van der Waals surface area contributed by atoms with Gasteiger partial charge >= 0.3 is 6.01 Å². The Bertz CT molecular complexity index is 503. The van der Waals surface area contributed by atoms with Crippen LogP contribution in [-0.4, -0.2) is 26.7 Å². The molecule has 0 fully saturated rings. The molecular formula is C13H15N3O2. The molecule has 2 aromatic rings. The van der Waals surface area contributed by atoms with Gasteiger partial charge < -0.3 is 9.84 Å². The van der Waals surface area contributed by atoms with E-state index in [1.54, 1.807) is 12.4 Å². The van der Waals surface area contributed by atoms with E-state index in [-0.39, 0.29) is 6.61 Å². The van der Waals surface area contributed by atoms with Gasteiger partial charge in [0, 0.05) is 30.1 Å². The predicted octanol–water partition coefficient (Wildman–Crippen LogP) is 1.29. The van der Waals surface area contributed by atoms with Crippen LogP contribution < -0.4 is 4.74 Å². The molecule has 2 aromatic heterocycles. The van der Waals surface area contributed by atoms with E-state index in [4.69, 9.17) is 9.84 Å². The molecule has 0 spiro atoms. The first-order valence-corrected chi connectivity index (χ1v) is 5.75. The SMILES string of the molecule is Cc1nc(OCCc2ccccn2)ncc1CO. The van der Waals surface area contributed by atoms with Crippen molar-refractivity contribution in [2.24, 2.45) is 0 Å². The second kappa shape index (κ2) is 6.07. The van der Waals surface area contributed by atoms with Gasteiger partial charge in [0.1, 0.15) is 0 Å². The third-order valence-electron chi connectivity index (χ3n) is 2.54. The number of hydrogen-bond donors (Lipinski definition) is 1. The first-order chi connectivity index (χ1) is 8.79. The summed E-state index contributed by atoms with van der Waals surface area (Å²) in [6.45, 7) is 2.24. The van der Waals surface area contributed by atoms with Crippen molar-refractivity contribution >= 4 is 0 Å². The fraction of sp³-hybridized carbons (Fsp3) is 0.308. The molecular weight excluding hydrogens is 230 g/mol. The molecule has 0 aliphatic carbocycles. The minimum Gasteiger partial charge on any atom is -0.463 e. The maximum atomic E-state index is 9.00. The Hall–Kier alpha value is -2.01. The molecule has 2 rings (SSSR count). The molecule has 0 bridgehead atoms. The number of aromatic nitrogens is 3. The zero-order valence-corrected chi connectivity index (χ0v) is 10.2. The Morgan fingerprint density at radius 1 is 1.28 bits per heavy atom. The molecule has 5 nitrogen and oxygen atoms in total. The highest BCUT2D eigenvalue weighted by Crippen LogP contribution is 2.08. The van der Waals surface area contributed by atoms with Crippen LogP contribution in [0.25, 0.3) is 0 Å². The van der Waals surface area contributed by atoms with Gasteiger partial charge in [0.2, 0.25) is 0 Å². The average molecular weight is 245 g/mol. The molecule has 0 aliphatic rings. The van der Waals surface area contributed by atoms with Gasteiger partial charge in [0.05, 0.1) is 18.9 Å². The fourth-order valence-corrected chi connectivity index (χ4v) is 1.49. The van der Waals surface area contributed by atoms with Gasteiger partial charge in [-0.05, 0) is 19.1 Å². The number of aliphatic hydroxyl groups is 1. The lowest BCUT2D eigenvalue weighted by Crippen LogP contribution is -2.06. The highest BCUT2D eigenvalue weighted by Gasteiger charge is 2.03. The summed E-state index contributed by atoms with van der Waals surface area (Å²) in [6, 6.07) is 6.11. The van der Waals surface area contributed by atoms with Crippen LogP contribution in [0, 0.1) is 6.92 Å². The quantitative estimate of drug-likeness (QED) is 0.859. The number of rotatable bonds is 5. The van der Waals surface area contributed by atoms with Crippen molar-refractivity contribution in [3.05, 3.63) is 47.5 Å². The van der Waals surface area contributed by atoms with E-state index < -0.39 is 0 Å². The van der Waals surface area contributed by atoms with Crippen LogP contribution in [0.3, 0.4) is 0 Å². The third kappa shape index (κ3) is 3.24. The number of nitrogens with zero attached hydrogens (tertiary/aromatic N) is 3. The van der Waals surface area contributed by atoms with Crippen molar-refractivity contribution < 1.29 is 9.84 Å². The number of aliphatic hydroxyl groups excluding tert-OH is 1. The van der Waals surface area contributed by atoms with E-state index in [1.165, 1.54) is 0 Å². The van der Waals surface area contributed by atoms with Crippen molar-refractivity contribution in [1.29, 1.82) is 0 Å². The smallest absolute Gasteiger partial charge is 0.316 e. The first kappa shape index (κ1) is 12.4. The van der Waals surface area contributed by atoms with Crippen LogP contribution >= 0.6 is 0 Å². The van der Waals surface area contributed by atoms with Crippen LogP contribution in [0.1, 0.15) is 17.0 Å². The van der Waals surface area contributed by atoms with Crippen molar-refractivity contribution in [2.75, 3.05) is 6.61 Å². The van der Waals surface area contributed by atoms with Crippen molar-refractivity contribution in [1.82, 2.24) is 15.0 Å². The zero-order chi connectivity index (χ0) is 12.8. The van der Waals surface area contributed by atoms with Gasteiger partial charge in [0.25, 0.3) is 0 Å². The summed E-state index contributed by atoms with van der Waals surface area (Å²) in [6.07, 6.45) is 4.05. The minimum absolute atomic E-state index is 0.0555. The van der Waals surface area contributed by atoms with Crippen LogP contribution in [0.2, 0.25) is 0 Å². The summed E-state index contributed by atoms with van der Waals surface area (Å²) in [4.78, 5) is 12.4. The maximum Gasteiger partial charge on any atom is 0.316 e. The number of pyridine rings is 1. The summed E-state index contributed by atoms with van der Waals surface area (Å²) >= 11 is 0. The van der Waals surface area contributed by atoms with Crippen LogP contribution in [-0.2, 0) is 13.0 Å². The molecule has 5 heteroatoms. The Kier molecular flexibility index (Phi) is 4.20. The predicted molar refractivity (Wildman–Crippen MR) is 66.1 cm³/mol. The van der Waals surface area contributed by atoms with Gasteiger partial charge in [-0.2, -0.15) is 0 Å². The number of aryl methyl sites for hydroxylation is 1. The summed E-state index contributed by atoms with van der Waals surface area (Å²) < 4.78 is 5.45. The Morgan fingerprint density at radius 3 is 2.83 bits per heavy atom. The lowest BCUT2D eigenvalue weighted by Gasteiger charge is -2.06. The summed E-state index contributed by atoms with van der Waals surface area (Å²) in [7, 11) is 0. The molecule has 0 aliphatic heterocycles. The maximum absolute atomic E-state index is 9.00. The summed E-state index contributed by atoms with van der Waals surface area (Å²) in [5, 5.41) is 9.00. The molecule has 0 saturated carbocycles. The van der Waals surface area contributed by atoms with E-state index in [0.29, 0.717) is 24.6 Å². The van der Waals surface area contributed by atoms with Crippen LogP contribution in [0.15, 0.2) is 30.6 Å². The molecule has 0 amide bonds. The minimum atomic E-state index is -0.0555. The second-order valence-corrected chi connectivity index (χ2v) is 3.84. The molecule has 1 N–H and O–H groups in total. The van der Waals surface area contributed by atoms with Crippen LogP contribution in [0.5, 0.6) is 6.01 Å². The van der Waals surface area contributed by atoms with Crippen LogP contribution in [0.4, 0.5) is 0 Å². The Morgan fingerprint density at radius 2 is 2.17 bits per heavy atom. The van der Waals surface area contributed by atoms with Gasteiger partial charge in [0.15, 0.2) is 0 Å². The zero-order valence-electron chi connectivity index (χ0n) is 10.2. The van der Waals surface area contributed by atoms with E-state index in [2.05, 4.69) is 15.0 Å². The standard InChI is InChI=1S/C13H15N3O2/c1-10-11(9-17)8-15-13(16-10)18-7-5-12-4-2-3-6-14-12/h2-4,6,8,17H,5,7,9H2,1H3. The molecule has 0 atom stereocenters. The third-order valence-corrected chi connectivity index (χ3v) is 2.54. The Labute approximate surface area is 106 Å². The van der Waals surface area contributed by atoms with Gasteiger partial charge in [-0.3, -0.25) is 4.98 Å². The van der Waals surface area contributed by atoms with E-state index >= 15 is 0 Å². The second-order valence-electron chi connectivity index (χ2n) is 3.84. The monoisotopic (exact) mass is 245 g/mol. The molecule has 2 heterocycles. The van der Waals surface area contributed by atoms with Gasteiger partial charge in [-0.15, -0.1) is 0 Å². The Balaban J connectivity index is 1.89. The van der Waals surface area contributed by atoms with E-state index in [0.717, 1.165) is 11.4 Å². The first-order valence-electron chi connectivity index (χ1n) is 5.75. The van der Waals surface area contributed by atoms with Gasteiger partial charge in [-0.1, -0.05) is 6.07 Å². The highest BCUT2D eigenvalue weighted by atomic mass is 16.5. The lowest BCUT2D eigenvalue weighted by molar-refractivity contribution is 0.274. The molecule has 0 aromatic carbocycles. The summed E-state index contributed by atoms with van der Waals surface area (Å²) in [5.41, 5.74) is 2.42. The fourth-order valence-electron chi connectivity index (χ4n) is 1.49. The lowest BCUT2D eigenvalue weighted by atomic mass is 10.3. The van der Waals surface area contributed by atoms with Crippen molar-refractivity contribution in [3.8, 4) is 6.01 Å². The highest BCUT2D eigenvalue weighted by molar-refractivity contribution is 5.16. The molecule has 0 radical (unpaired) electrons. The van der Waals surface area contributed by atoms with E-state index in [9.17, 15) is 0 Å². The van der Waals surface area contributed by atoms with E-state index in [1.807, 2.05) is 25.1 Å². The number of ether oxygens (including phenoxy) is 1. The molecule has 0 saturated heterocycles. The summed E-state index contributed by atoms with van der Waals surface area (Å²) in [5.74, 6) is 0. The topological polar surface area (TPSA) is 68.1 Å². The van der Waals surface area contributed by atoms with Crippen molar-refractivity contribution in [2.45, 2.75) is 20.0 Å². The molecule has 18 heavy (non-hydrogen) atoms. The number of hydrogen-bond acceptors (Lipinski definition) is 5. The largest absolute Gasteiger partial charge is 0.463 e. The normalized spacial score (nSPS) is 10.3.